The third-order valence-electron chi connectivity index (χ3n) is 3.96. The molecule has 1 spiro atoms. The molecule has 3 aliphatic rings. The first-order chi connectivity index (χ1) is 4.34. The fourth-order valence-corrected chi connectivity index (χ4v) is 3.00. The normalized spacial score (nSPS) is 51.7. The highest BCUT2D eigenvalue weighted by molar-refractivity contribution is 5.20. The summed E-state index contributed by atoms with van der Waals surface area (Å²) in [4.78, 5) is 0. The summed E-state index contributed by atoms with van der Waals surface area (Å²) in [5.41, 5.74) is 0.959. The summed E-state index contributed by atoms with van der Waals surface area (Å²) in [5, 5.41) is 0. The van der Waals surface area contributed by atoms with Crippen LogP contribution in [0.25, 0.3) is 0 Å². The van der Waals surface area contributed by atoms with E-state index < -0.39 is 0 Å². The lowest BCUT2D eigenvalue weighted by Gasteiger charge is -1.86. The quantitative estimate of drug-likeness (QED) is 0.501. The molecule has 0 aromatic heterocycles. The topological polar surface area (TPSA) is 0 Å². The molecular formula is C9H14. The molecule has 9 heavy (non-hydrogen) atoms. The summed E-state index contributed by atoms with van der Waals surface area (Å²) in [5.74, 6) is 3.53. The molecule has 0 saturated heterocycles. The fourth-order valence-electron chi connectivity index (χ4n) is 3.00. The van der Waals surface area contributed by atoms with Gasteiger partial charge in [0, 0.05) is 0 Å². The van der Waals surface area contributed by atoms with Crippen LogP contribution in [-0.2, 0) is 0 Å². The second-order valence-electron chi connectivity index (χ2n) is 4.39. The number of rotatable bonds is 1. The predicted molar refractivity (Wildman–Crippen MR) is 37.0 cm³/mol. The molecule has 3 saturated carbocycles. The van der Waals surface area contributed by atoms with Gasteiger partial charge in [-0.2, -0.15) is 0 Å². The first-order valence-corrected chi connectivity index (χ1v) is 4.34. The van der Waals surface area contributed by atoms with Crippen molar-refractivity contribution in [2.75, 3.05) is 0 Å². The van der Waals surface area contributed by atoms with Gasteiger partial charge in [0.25, 0.3) is 0 Å². The van der Waals surface area contributed by atoms with Crippen molar-refractivity contribution < 1.29 is 0 Å². The van der Waals surface area contributed by atoms with E-state index >= 15 is 0 Å². The molecule has 0 amide bonds. The van der Waals surface area contributed by atoms with Gasteiger partial charge in [-0.25, -0.2) is 0 Å². The maximum absolute atomic E-state index is 2.47. The standard InChI is InChI=1S/C9H14/c1-6-8(7-2-3-7)9(6)4-5-9/h6-8H,2-5H2,1H3. The Hall–Kier alpha value is 0. The van der Waals surface area contributed by atoms with E-state index in [2.05, 4.69) is 6.92 Å². The van der Waals surface area contributed by atoms with E-state index in [0.717, 1.165) is 11.3 Å². The van der Waals surface area contributed by atoms with Crippen LogP contribution in [0.2, 0.25) is 0 Å². The van der Waals surface area contributed by atoms with Gasteiger partial charge in [0.15, 0.2) is 0 Å². The summed E-state index contributed by atoms with van der Waals surface area (Å²) < 4.78 is 0. The van der Waals surface area contributed by atoms with Crippen LogP contribution in [0.1, 0.15) is 32.6 Å². The van der Waals surface area contributed by atoms with Crippen molar-refractivity contribution >= 4 is 0 Å². The molecule has 3 rings (SSSR count). The van der Waals surface area contributed by atoms with Crippen molar-refractivity contribution in [3.05, 3.63) is 0 Å². The van der Waals surface area contributed by atoms with E-state index in [1.807, 2.05) is 0 Å². The third kappa shape index (κ3) is 0.426. The van der Waals surface area contributed by atoms with Crippen LogP contribution >= 0.6 is 0 Å². The van der Waals surface area contributed by atoms with Crippen molar-refractivity contribution in [2.24, 2.45) is 23.2 Å². The lowest BCUT2D eigenvalue weighted by Crippen LogP contribution is -1.80. The Bertz CT molecular complexity index is 151. The van der Waals surface area contributed by atoms with Gasteiger partial charge in [0.05, 0.1) is 0 Å². The van der Waals surface area contributed by atoms with E-state index in [0.29, 0.717) is 0 Å². The maximum Gasteiger partial charge on any atom is -0.0235 e. The second-order valence-corrected chi connectivity index (χ2v) is 4.39. The molecule has 0 aliphatic heterocycles. The Balaban J connectivity index is 1.82. The van der Waals surface area contributed by atoms with Crippen LogP contribution in [0.5, 0.6) is 0 Å². The zero-order valence-corrected chi connectivity index (χ0v) is 6.06. The lowest BCUT2D eigenvalue weighted by molar-refractivity contribution is 0.620. The van der Waals surface area contributed by atoms with E-state index in [4.69, 9.17) is 0 Å². The van der Waals surface area contributed by atoms with Gasteiger partial charge in [-0.1, -0.05) is 6.92 Å². The first kappa shape index (κ1) is 4.76. The average Bonchev–Trinajstić information content (AvgIpc) is 2.64. The molecule has 0 bridgehead atoms. The summed E-state index contributed by atoms with van der Waals surface area (Å²) in [6.07, 6.45) is 6.29. The van der Waals surface area contributed by atoms with Gasteiger partial charge in [-0.3, -0.25) is 0 Å². The summed E-state index contributed by atoms with van der Waals surface area (Å²) in [6.45, 7) is 2.47. The highest BCUT2D eigenvalue weighted by Gasteiger charge is 2.72. The van der Waals surface area contributed by atoms with Gasteiger partial charge < -0.3 is 0 Å². The molecule has 3 fully saturated rings. The Morgan fingerprint density at radius 1 is 1.22 bits per heavy atom. The SMILES string of the molecule is CC1C(C2CC2)C12CC2. The van der Waals surface area contributed by atoms with Crippen molar-refractivity contribution in [3.63, 3.8) is 0 Å². The zero-order valence-electron chi connectivity index (χ0n) is 6.06. The summed E-state index contributed by atoms with van der Waals surface area (Å²) >= 11 is 0. The van der Waals surface area contributed by atoms with Gasteiger partial charge >= 0.3 is 0 Å². The molecule has 0 radical (unpaired) electrons. The first-order valence-electron chi connectivity index (χ1n) is 4.34. The molecule has 0 heteroatoms. The van der Waals surface area contributed by atoms with E-state index in [1.54, 1.807) is 25.7 Å². The smallest absolute Gasteiger partial charge is 0.0235 e. The van der Waals surface area contributed by atoms with Crippen molar-refractivity contribution in [1.82, 2.24) is 0 Å². The van der Waals surface area contributed by atoms with Crippen LogP contribution in [0.4, 0.5) is 0 Å². The van der Waals surface area contributed by atoms with Gasteiger partial charge in [0.2, 0.25) is 0 Å². The average molecular weight is 122 g/mol. The molecule has 0 N–H and O–H groups in total. The van der Waals surface area contributed by atoms with Crippen LogP contribution in [-0.4, -0.2) is 0 Å². The van der Waals surface area contributed by atoms with E-state index in [-0.39, 0.29) is 0 Å². The summed E-state index contributed by atoms with van der Waals surface area (Å²) in [7, 11) is 0. The molecule has 2 unspecified atom stereocenters. The molecule has 50 valence electrons. The van der Waals surface area contributed by atoms with Crippen molar-refractivity contribution in [1.29, 1.82) is 0 Å². The fraction of sp³-hybridized carbons (Fsp3) is 1.00. The molecule has 3 aliphatic carbocycles. The minimum absolute atomic E-state index is 0.959. The van der Waals surface area contributed by atoms with E-state index in [9.17, 15) is 0 Å². The molecule has 0 aromatic carbocycles. The predicted octanol–water partition coefficient (Wildman–Crippen LogP) is 2.44. The van der Waals surface area contributed by atoms with Crippen LogP contribution < -0.4 is 0 Å². The highest BCUT2D eigenvalue weighted by Crippen LogP contribution is 2.79. The van der Waals surface area contributed by atoms with Crippen LogP contribution in [0, 0.1) is 23.2 Å². The molecule has 2 atom stereocenters. The lowest BCUT2D eigenvalue weighted by atomic mass is 10.2. The highest BCUT2D eigenvalue weighted by atomic mass is 14.8. The Morgan fingerprint density at radius 2 is 1.89 bits per heavy atom. The maximum atomic E-state index is 2.47. The third-order valence-corrected chi connectivity index (χ3v) is 3.96. The van der Waals surface area contributed by atoms with E-state index in [1.165, 1.54) is 11.8 Å². The molecular weight excluding hydrogens is 108 g/mol. The monoisotopic (exact) mass is 122 g/mol. The summed E-state index contributed by atoms with van der Waals surface area (Å²) in [6, 6.07) is 0. The van der Waals surface area contributed by atoms with Crippen LogP contribution in [0.3, 0.4) is 0 Å². The second kappa shape index (κ2) is 1.09. The molecule has 0 aromatic rings. The zero-order chi connectivity index (χ0) is 6.06. The van der Waals surface area contributed by atoms with Gasteiger partial charge in [0.1, 0.15) is 0 Å². The van der Waals surface area contributed by atoms with Crippen molar-refractivity contribution in [2.45, 2.75) is 32.6 Å². The Morgan fingerprint density at radius 3 is 2.22 bits per heavy atom. The van der Waals surface area contributed by atoms with Crippen molar-refractivity contribution in [3.8, 4) is 0 Å². The van der Waals surface area contributed by atoms with Crippen LogP contribution in [0.15, 0.2) is 0 Å². The number of hydrogen-bond acceptors (Lipinski definition) is 0. The molecule has 0 heterocycles. The minimum Gasteiger partial charge on any atom is -0.0617 e. The largest absolute Gasteiger partial charge is 0.0617 e. The van der Waals surface area contributed by atoms with Gasteiger partial charge in [-0.15, -0.1) is 0 Å². The minimum atomic E-state index is 0.959. The van der Waals surface area contributed by atoms with Gasteiger partial charge in [-0.05, 0) is 48.9 Å². The number of hydrogen-bond donors (Lipinski definition) is 0. The Labute approximate surface area is 56.6 Å². The Kier molecular flexibility index (Phi) is 0.574. The molecule has 0 nitrogen and oxygen atoms in total.